The summed E-state index contributed by atoms with van der Waals surface area (Å²) in [6, 6.07) is 0. The van der Waals surface area contributed by atoms with Gasteiger partial charge in [0.15, 0.2) is 0 Å². The van der Waals surface area contributed by atoms with E-state index in [1.165, 1.54) is 6.42 Å². The van der Waals surface area contributed by atoms with Crippen molar-refractivity contribution in [2.45, 2.75) is 45.8 Å². The molecule has 0 aliphatic carbocycles. The summed E-state index contributed by atoms with van der Waals surface area (Å²) in [5, 5.41) is 3.39. The number of ether oxygens (including phenoxy) is 1. The molecule has 4 heteroatoms. The fourth-order valence-electron chi connectivity index (χ4n) is 2.17. The Bertz CT molecular complexity index is 353. The van der Waals surface area contributed by atoms with E-state index in [2.05, 4.69) is 34.9 Å². The van der Waals surface area contributed by atoms with Crippen LogP contribution in [0.4, 0.5) is 5.95 Å². The zero-order chi connectivity index (χ0) is 11.6. The summed E-state index contributed by atoms with van der Waals surface area (Å²) in [6.07, 6.45) is 4.37. The molecule has 1 atom stereocenters. The molecule has 16 heavy (non-hydrogen) atoms. The van der Waals surface area contributed by atoms with Crippen molar-refractivity contribution in [1.82, 2.24) is 9.55 Å². The van der Waals surface area contributed by atoms with Crippen molar-refractivity contribution in [3.63, 3.8) is 0 Å². The Balaban J connectivity index is 1.98. The van der Waals surface area contributed by atoms with Crippen LogP contribution < -0.4 is 5.32 Å². The van der Waals surface area contributed by atoms with Crippen LogP contribution >= 0.6 is 0 Å². The number of rotatable bonds is 4. The minimum atomic E-state index is -0.0155. The van der Waals surface area contributed by atoms with Crippen LogP contribution in [-0.2, 0) is 11.3 Å². The largest absolute Gasteiger partial charge is 0.373 e. The first-order chi connectivity index (χ1) is 7.63. The summed E-state index contributed by atoms with van der Waals surface area (Å²) in [5.41, 5.74) is 1.04. The highest BCUT2D eigenvalue weighted by atomic mass is 16.5. The molecule has 0 aromatic carbocycles. The highest BCUT2D eigenvalue weighted by Gasteiger charge is 2.29. The Morgan fingerprint density at radius 3 is 3.06 bits per heavy atom. The molecule has 1 saturated heterocycles. The van der Waals surface area contributed by atoms with Crippen molar-refractivity contribution in [3.05, 3.63) is 11.9 Å². The van der Waals surface area contributed by atoms with Crippen LogP contribution in [0.15, 0.2) is 6.20 Å². The SMILES string of the molecule is CCn1cc(C)nc1NCC1(C)CCCO1. The molecule has 1 aromatic rings. The number of anilines is 1. The number of aromatic nitrogens is 2. The topological polar surface area (TPSA) is 39.1 Å². The highest BCUT2D eigenvalue weighted by Crippen LogP contribution is 2.25. The average Bonchev–Trinajstić information content (AvgIpc) is 2.82. The summed E-state index contributed by atoms with van der Waals surface area (Å²) in [7, 11) is 0. The first kappa shape index (κ1) is 11.5. The second-order valence-corrected chi connectivity index (χ2v) is 4.75. The van der Waals surface area contributed by atoms with Gasteiger partial charge in [-0.3, -0.25) is 0 Å². The molecular weight excluding hydrogens is 202 g/mol. The van der Waals surface area contributed by atoms with Gasteiger partial charge in [0.1, 0.15) is 0 Å². The van der Waals surface area contributed by atoms with Crippen molar-refractivity contribution < 1.29 is 4.74 Å². The first-order valence-corrected chi connectivity index (χ1v) is 6.04. The van der Waals surface area contributed by atoms with Crippen LogP contribution in [0.5, 0.6) is 0 Å². The number of imidazole rings is 1. The van der Waals surface area contributed by atoms with Crippen molar-refractivity contribution >= 4 is 5.95 Å². The van der Waals surface area contributed by atoms with Gasteiger partial charge in [0.2, 0.25) is 5.95 Å². The lowest BCUT2D eigenvalue weighted by molar-refractivity contribution is 0.0313. The van der Waals surface area contributed by atoms with Crippen LogP contribution in [0, 0.1) is 6.92 Å². The molecule has 0 radical (unpaired) electrons. The van der Waals surface area contributed by atoms with Crippen LogP contribution in [0.3, 0.4) is 0 Å². The van der Waals surface area contributed by atoms with Crippen molar-refractivity contribution in [1.29, 1.82) is 0 Å². The van der Waals surface area contributed by atoms with Gasteiger partial charge < -0.3 is 14.6 Å². The van der Waals surface area contributed by atoms with E-state index in [1.807, 2.05) is 6.92 Å². The third-order valence-corrected chi connectivity index (χ3v) is 3.16. The average molecular weight is 223 g/mol. The Labute approximate surface area is 97.0 Å². The van der Waals surface area contributed by atoms with E-state index >= 15 is 0 Å². The van der Waals surface area contributed by atoms with E-state index in [4.69, 9.17) is 4.74 Å². The number of hydrogen-bond donors (Lipinski definition) is 1. The third kappa shape index (κ3) is 2.38. The number of aryl methyl sites for hydroxylation is 2. The molecule has 2 rings (SSSR count). The maximum absolute atomic E-state index is 5.74. The molecular formula is C12H21N3O. The highest BCUT2D eigenvalue weighted by molar-refractivity contribution is 5.29. The third-order valence-electron chi connectivity index (χ3n) is 3.16. The standard InChI is InChI=1S/C12H21N3O/c1-4-15-8-10(2)14-11(15)13-9-12(3)6-5-7-16-12/h8H,4-7,9H2,1-3H3,(H,13,14). The number of hydrogen-bond acceptors (Lipinski definition) is 3. The molecule has 1 fully saturated rings. The maximum atomic E-state index is 5.74. The second kappa shape index (κ2) is 4.45. The van der Waals surface area contributed by atoms with Gasteiger partial charge in [-0.2, -0.15) is 0 Å². The Kier molecular flexibility index (Phi) is 3.19. The summed E-state index contributed by atoms with van der Waals surface area (Å²) < 4.78 is 7.88. The quantitative estimate of drug-likeness (QED) is 0.850. The Morgan fingerprint density at radius 1 is 1.62 bits per heavy atom. The summed E-state index contributed by atoms with van der Waals surface area (Å²) in [6.45, 7) is 8.98. The van der Waals surface area contributed by atoms with Crippen molar-refractivity contribution in [3.8, 4) is 0 Å². The summed E-state index contributed by atoms with van der Waals surface area (Å²) in [5.74, 6) is 0.955. The summed E-state index contributed by atoms with van der Waals surface area (Å²) in [4.78, 5) is 4.47. The molecule has 1 unspecified atom stereocenters. The van der Waals surface area contributed by atoms with Gasteiger partial charge in [-0.1, -0.05) is 0 Å². The van der Waals surface area contributed by atoms with E-state index in [0.29, 0.717) is 0 Å². The van der Waals surface area contributed by atoms with E-state index in [1.54, 1.807) is 0 Å². The molecule has 1 aromatic heterocycles. The number of nitrogens with zero attached hydrogens (tertiary/aromatic N) is 2. The minimum absolute atomic E-state index is 0.0155. The molecule has 90 valence electrons. The molecule has 0 bridgehead atoms. The monoisotopic (exact) mass is 223 g/mol. The van der Waals surface area contributed by atoms with Crippen molar-refractivity contribution in [2.75, 3.05) is 18.5 Å². The van der Waals surface area contributed by atoms with Gasteiger partial charge in [0, 0.05) is 25.9 Å². The van der Waals surface area contributed by atoms with Crippen molar-refractivity contribution in [2.24, 2.45) is 0 Å². The van der Waals surface area contributed by atoms with Crippen LogP contribution in [0.2, 0.25) is 0 Å². The van der Waals surface area contributed by atoms with Gasteiger partial charge in [0.05, 0.1) is 11.3 Å². The van der Waals surface area contributed by atoms with Gasteiger partial charge in [-0.05, 0) is 33.6 Å². The van der Waals surface area contributed by atoms with Crippen LogP contribution in [-0.4, -0.2) is 28.3 Å². The molecule has 0 spiro atoms. The van der Waals surface area contributed by atoms with Crippen LogP contribution in [0.1, 0.15) is 32.4 Å². The second-order valence-electron chi connectivity index (χ2n) is 4.75. The minimum Gasteiger partial charge on any atom is -0.373 e. The van der Waals surface area contributed by atoms with Gasteiger partial charge >= 0.3 is 0 Å². The molecule has 0 amide bonds. The zero-order valence-electron chi connectivity index (χ0n) is 10.4. The fourth-order valence-corrected chi connectivity index (χ4v) is 2.17. The summed E-state index contributed by atoms with van der Waals surface area (Å²) >= 11 is 0. The fraction of sp³-hybridized carbons (Fsp3) is 0.750. The number of nitrogens with one attached hydrogen (secondary N) is 1. The van der Waals surface area contributed by atoms with Gasteiger partial charge in [0.25, 0.3) is 0 Å². The Hall–Kier alpha value is -1.03. The van der Waals surface area contributed by atoms with Gasteiger partial charge in [-0.25, -0.2) is 4.98 Å². The molecule has 1 aliphatic heterocycles. The smallest absolute Gasteiger partial charge is 0.203 e. The lowest BCUT2D eigenvalue weighted by Crippen LogP contribution is -2.33. The van der Waals surface area contributed by atoms with Crippen LogP contribution in [0.25, 0.3) is 0 Å². The molecule has 2 heterocycles. The van der Waals surface area contributed by atoms with E-state index in [0.717, 1.165) is 37.8 Å². The van der Waals surface area contributed by atoms with Gasteiger partial charge in [-0.15, -0.1) is 0 Å². The van der Waals surface area contributed by atoms with E-state index < -0.39 is 0 Å². The predicted octanol–water partition coefficient (Wildman–Crippen LogP) is 2.19. The van der Waals surface area contributed by atoms with E-state index in [9.17, 15) is 0 Å². The molecule has 1 aliphatic rings. The van der Waals surface area contributed by atoms with E-state index in [-0.39, 0.29) is 5.60 Å². The molecule has 4 nitrogen and oxygen atoms in total. The zero-order valence-corrected chi connectivity index (χ0v) is 10.4. The molecule has 0 saturated carbocycles. The lowest BCUT2D eigenvalue weighted by Gasteiger charge is -2.23. The first-order valence-electron chi connectivity index (χ1n) is 6.04. The predicted molar refractivity (Wildman–Crippen MR) is 64.7 cm³/mol. The maximum Gasteiger partial charge on any atom is 0.203 e. The molecule has 1 N–H and O–H groups in total. The lowest BCUT2D eigenvalue weighted by atomic mass is 10.0. The Morgan fingerprint density at radius 2 is 2.44 bits per heavy atom. The normalized spacial score (nSPS) is 24.9.